The van der Waals surface area contributed by atoms with Crippen LogP contribution in [-0.2, 0) is 22.0 Å². The molecule has 3 heteroatoms. The average molecular weight is 352 g/mol. The van der Waals surface area contributed by atoms with Gasteiger partial charge in [-0.2, -0.15) is 0 Å². The van der Waals surface area contributed by atoms with Gasteiger partial charge in [-0.1, -0.05) is 45.6 Å². The molecule has 1 aliphatic carbocycles. The van der Waals surface area contributed by atoms with Crippen molar-refractivity contribution in [2.45, 2.75) is 57.8 Å². The summed E-state index contributed by atoms with van der Waals surface area (Å²) in [4.78, 5) is 12.5. The molecule has 2 aromatic rings. The van der Waals surface area contributed by atoms with Crippen LogP contribution in [0.1, 0.15) is 67.0 Å². The van der Waals surface area contributed by atoms with Crippen molar-refractivity contribution in [3.63, 3.8) is 0 Å². The normalized spacial score (nSPS) is 17.3. The number of rotatable bonds is 2. The van der Waals surface area contributed by atoms with Crippen molar-refractivity contribution in [1.82, 2.24) is 0 Å². The predicted molar refractivity (Wildman–Crippen MR) is 103 cm³/mol. The second kappa shape index (κ2) is 6.35. The molecule has 0 atom stereocenters. The lowest BCUT2D eigenvalue weighted by Gasteiger charge is -2.41. The highest BCUT2D eigenvalue weighted by Gasteiger charge is 2.36. The van der Waals surface area contributed by atoms with Crippen LogP contribution in [0.15, 0.2) is 30.3 Å². The second-order valence-corrected chi connectivity index (χ2v) is 9.28. The monoisotopic (exact) mass is 352 g/mol. The summed E-state index contributed by atoms with van der Waals surface area (Å²) in [6.45, 7) is 9.27. The lowest BCUT2D eigenvalue weighted by Crippen LogP contribution is -2.33. The number of hydrogen-bond donors (Lipinski definition) is 1. The van der Waals surface area contributed by atoms with E-state index in [9.17, 15) is 4.79 Å². The fraction of sp³-hybridized carbons (Fsp3) is 0.409. The van der Waals surface area contributed by atoms with E-state index in [1.165, 1.54) is 35.3 Å². The molecule has 0 bridgehead atoms. The van der Waals surface area contributed by atoms with Crippen molar-refractivity contribution < 1.29 is 9.90 Å². The topological polar surface area (TPSA) is 37.3 Å². The first kappa shape index (κ1) is 17.8. The van der Waals surface area contributed by atoms with Crippen molar-refractivity contribution >= 4 is 17.3 Å². The summed E-state index contributed by atoms with van der Waals surface area (Å²) in [6, 6.07) is 10.4. The van der Waals surface area contributed by atoms with Crippen LogP contribution in [0.4, 0.5) is 0 Å². The molecule has 1 N–H and O–H groups in total. The van der Waals surface area contributed by atoms with Gasteiger partial charge in [0.05, 0.1) is 11.3 Å². The summed E-state index contributed by atoms with van der Waals surface area (Å²) in [5, 5.41) is 8.86. The van der Waals surface area contributed by atoms with Crippen LogP contribution in [-0.4, -0.2) is 11.1 Å². The fourth-order valence-corrected chi connectivity index (χ4v) is 4.34. The Labute approximate surface area is 153 Å². The molecule has 1 aliphatic rings. The van der Waals surface area contributed by atoms with Crippen molar-refractivity contribution in [2.75, 3.05) is 0 Å². The van der Waals surface area contributed by atoms with Gasteiger partial charge in [0.15, 0.2) is 0 Å². The Morgan fingerprint density at radius 3 is 2.40 bits per heavy atom. The SMILES string of the molecule is CC1(C)CCC(C)(C)c2cc(C#Cc3ccc(CC(=O)O)s3)ccc21. The number of carboxylic acids is 1. The lowest BCUT2D eigenvalue weighted by molar-refractivity contribution is -0.136. The standard InChI is InChI=1S/C22H24O2S/c1-21(2)11-12-22(3,4)19-13-15(6-10-18(19)21)5-7-16-8-9-17(25-16)14-20(23)24/h6,8-10,13H,11-12,14H2,1-4H3,(H,23,24). The van der Waals surface area contributed by atoms with E-state index in [1.807, 2.05) is 12.1 Å². The lowest BCUT2D eigenvalue weighted by atomic mass is 9.63. The highest BCUT2D eigenvalue weighted by molar-refractivity contribution is 7.12. The minimum absolute atomic E-state index is 0.0640. The van der Waals surface area contributed by atoms with E-state index in [0.717, 1.165) is 15.3 Å². The molecule has 1 aromatic carbocycles. The predicted octanol–water partition coefficient (Wildman–Crippen LogP) is 5.12. The molecule has 130 valence electrons. The van der Waals surface area contributed by atoms with Crippen molar-refractivity contribution in [3.8, 4) is 11.8 Å². The molecule has 3 rings (SSSR count). The molecule has 0 aliphatic heterocycles. The van der Waals surface area contributed by atoms with E-state index in [0.29, 0.717) is 0 Å². The van der Waals surface area contributed by atoms with Gasteiger partial charge in [0.25, 0.3) is 0 Å². The van der Waals surface area contributed by atoms with E-state index >= 15 is 0 Å². The number of hydrogen-bond acceptors (Lipinski definition) is 2. The van der Waals surface area contributed by atoms with Gasteiger partial charge >= 0.3 is 5.97 Å². The van der Waals surface area contributed by atoms with Crippen molar-refractivity contribution in [2.24, 2.45) is 0 Å². The molecule has 25 heavy (non-hydrogen) atoms. The van der Waals surface area contributed by atoms with Crippen LogP contribution in [0.25, 0.3) is 0 Å². The molecule has 0 fully saturated rings. The van der Waals surface area contributed by atoms with Gasteiger partial charge in [-0.05, 0) is 59.1 Å². The van der Waals surface area contributed by atoms with Gasteiger partial charge < -0.3 is 5.11 Å². The number of benzene rings is 1. The Bertz CT molecular complexity index is 875. The third-order valence-corrected chi connectivity index (χ3v) is 6.17. The van der Waals surface area contributed by atoms with Crippen LogP contribution >= 0.6 is 11.3 Å². The number of fused-ring (bicyclic) bond motifs is 1. The van der Waals surface area contributed by atoms with E-state index in [-0.39, 0.29) is 17.3 Å². The Balaban J connectivity index is 1.91. The maximum Gasteiger partial charge on any atom is 0.308 e. The Morgan fingerprint density at radius 2 is 1.72 bits per heavy atom. The van der Waals surface area contributed by atoms with Gasteiger partial charge in [0, 0.05) is 10.4 Å². The van der Waals surface area contributed by atoms with Crippen LogP contribution < -0.4 is 0 Å². The Morgan fingerprint density at radius 1 is 1.04 bits per heavy atom. The smallest absolute Gasteiger partial charge is 0.308 e. The summed E-state index contributed by atoms with van der Waals surface area (Å²) in [5.74, 6) is 5.64. The van der Waals surface area contributed by atoms with E-state index < -0.39 is 5.97 Å². The quantitative estimate of drug-likeness (QED) is 0.761. The first-order valence-corrected chi connectivity index (χ1v) is 9.47. The summed E-state index contributed by atoms with van der Waals surface area (Å²) >= 11 is 1.45. The molecule has 0 saturated heterocycles. The summed E-state index contributed by atoms with van der Waals surface area (Å²) in [5.41, 5.74) is 4.27. The van der Waals surface area contributed by atoms with E-state index in [4.69, 9.17) is 5.11 Å². The van der Waals surface area contributed by atoms with Crippen molar-refractivity contribution in [3.05, 3.63) is 56.8 Å². The van der Waals surface area contributed by atoms with Crippen LogP contribution in [0.5, 0.6) is 0 Å². The molecule has 0 amide bonds. The number of carbonyl (C=O) groups is 1. The van der Waals surface area contributed by atoms with Crippen LogP contribution in [0.3, 0.4) is 0 Å². The van der Waals surface area contributed by atoms with Gasteiger partial charge in [-0.15, -0.1) is 11.3 Å². The molecule has 0 radical (unpaired) electrons. The van der Waals surface area contributed by atoms with Gasteiger partial charge in [-0.25, -0.2) is 0 Å². The molecule has 0 saturated carbocycles. The molecular weight excluding hydrogens is 328 g/mol. The fourth-order valence-electron chi connectivity index (χ4n) is 3.49. The number of carboxylic acid groups (broad SMARTS) is 1. The van der Waals surface area contributed by atoms with Gasteiger partial charge in [0.2, 0.25) is 0 Å². The van der Waals surface area contributed by atoms with Gasteiger partial charge in [0.1, 0.15) is 0 Å². The average Bonchev–Trinajstić information content (AvgIpc) is 2.96. The highest BCUT2D eigenvalue weighted by Crippen LogP contribution is 2.45. The summed E-state index contributed by atoms with van der Waals surface area (Å²) in [7, 11) is 0. The van der Waals surface area contributed by atoms with Crippen LogP contribution in [0, 0.1) is 11.8 Å². The van der Waals surface area contributed by atoms with Gasteiger partial charge in [-0.3, -0.25) is 4.79 Å². The van der Waals surface area contributed by atoms with Crippen molar-refractivity contribution in [1.29, 1.82) is 0 Å². The largest absolute Gasteiger partial charge is 0.481 e. The van der Waals surface area contributed by atoms with Crippen LogP contribution in [0.2, 0.25) is 0 Å². The third-order valence-electron chi connectivity index (χ3n) is 5.17. The zero-order valence-corrected chi connectivity index (χ0v) is 16.1. The third kappa shape index (κ3) is 3.80. The first-order chi connectivity index (χ1) is 11.7. The van der Waals surface area contributed by atoms with E-state index in [2.05, 4.69) is 57.7 Å². The molecule has 1 aromatic heterocycles. The minimum Gasteiger partial charge on any atom is -0.481 e. The zero-order valence-electron chi connectivity index (χ0n) is 15.3. The second-order valence-electron chi connectivity index (χ2n) is 8.11. The minimum atomic E-state index is -0.805. The number of thiophene rings is 1. The maximum atomic E-state index is 10.8. The Hall–Kier alpha value is -2.05. The molecule has 0 spiro atoms. The summed E-state index contributed by atoms with van der Waals surface area (Å²) < 4.78 is 0. The number of aliphatic carboxylic acids is 1. The Kier molecular flexibility index (Phi) is 4.51. The molecule has 1 heterocycles. The molecular formula is C22H24O2S. The maximum absolute atomic E-state index is 10.8. The zero-order chi connectivity index (χ0) is 18.2. The van der Waals surface area contributed by atoms with E-state index in [1.54, 1.807) is 0 Å². The first-order valence-electron chi connectivity index (χ1n) is 8.65. The summed E-state index contributed by atoms with van der Waals surface area (Å²) in [6.07, 6.45) is 2.46. The molecule has 0 unspecified atom stereocenters. The molecule has 2 nitrogen and oxygen atoms in total. The highest BCUT2D eigenvalue weighted by atomic mass is 32.1.